The normalized spacial score (nSPS) is 13.4. The van der Waals surface area contributed by atoms with Crippen molar-refractivity contribution in [3.8, 4) is 6.07 Å². The Morgan fingerprint density at radius 2 is 2.12 bits per heavy atom. The first kappa shape index (κ1) is 8.03. The highest BCUT2D eigenvalue weighted by atomic mass is 35.5. The van der Waals surface area contributed by atoms with Gasteiger partial charge in [-0.25, -0.2) is 0 Å². The Morgan fingerprint density at radius 1 is 1.62 bits per heavy atom. The molecule has 0 radical (unpaired) electrons. The lowest BCUT2D eigenvalue weighted by Crippen LogP contribution is -2.10. The van der Waals surface area contributed by atoms with Crippen molar-refractivity contribution >= 4 is 23.2 Å². The molecule has 0 aliphatic rings. The summed E-state index contributed by atoms with van der Waals surface area (Å²) in [6, 6.07) is 1.74. The first-order valence-corrected chi connectivity index (χ1v) is 2.88. The maximum absolute atomic E-state index is 8.31. The third kappa shape index (κ3) is 2.37. The smallest absolute Gasteiger partial charge is 0.125 e. The van der Waals surface area contributed by atoms with Crippen LogP contribution in [0, 0.1) is 17.2 Å². The van der Waals surface area contributed by atoms with Crippen LogP contribution < -0.4 is 0 Å². The fourth-order valence-electron chi connectivity index (χ4n) is 0.177. The van der Waals surface area contributed by atoms with Gasteiger partial charge in [-0.1, -0.05) is 0 Å². The van der Waals surface area contributed by atoms with E-state index in [1.807, 2.05) is 0 Å². The third-order valence-electron chi connectivity index (χ3n) is 0.667. The van der Waals surface area contributed by atoms with Crippen LogP contribution in [0.15, 0.2) is 0 Å². The van der Waals surface area contributed by atoms with Gasteiger partial charge in [0.1, 0.15) is 4.84 Å². The fourth-order valence-corrected chi connectivity index (χ4v) is 0.449. The van der Waals surface area contributed by atoms with Gasteiger partial charge in [-0.2, -0.15) is 5.26 Å². The molecule has 0 aromatic heterocycles. The summed E-state index contributed by atoms with van der Waals surface area (Å²) >= 11 is 10.5. The van der Waals surface area contributed by atoms with Gasteiger partial charge in [-0.3, -0.25) is 0 Å². The van der Waals surface area contributed by atoms with Gasteiger partial charge in [0.15, 0.2) is 0 Å². The average molecular weight is 154 g/mol. The molecule has 0 aromatic carbocycles. The molecule has 0 heterocycles. The zero-order valence-corrected chi connectivity index (χ0v) is 5.52. The Kier molecular flexibility index (Phi) is 3.98. The van der Waals surface area contributed by atoms with Crippen molar-refractivity contribution in [1.82, 2.24) is 0 Å². The van der Waals surface area contributed by atoms with E-state index in [0.717, 1.165) is 0 Å². The highest BCUT2D eigenvalue weighted by Crippen LogP contribution is 2.12. The average Bonchev–Trinajstić information content (AvgIpc) is 1.69. The number of hydrogen-bond donors (Lipinski definition) is 1. The Hall–Kier alpha value is 0.0300. The standard InChI is InChI=1S/C4H5Cl2NO/c5-4(6)3(1-7)2-8/h3-4,8H,2H2. The van der Waals surface area contributed by atoms with Crippen LogP contribution in [0.3, 0.4) is 0 Å². The minimum atomic E-state index is -0.787. The lowest BCUT2D eigenvalue weighted by atomic mass is 10.2. The summed E-state index contributed by atoms with van der Waals surface area (Å²) in [7, 11) is 0. The van der Waals surface area contributed by atoms with Crippen LogP contribution in [0.2, 0.25) is 0 Å². The number of alkyl halides is 2. The third-order valence-corrected chi connectivity index (χ3v) is 1.28. The molecule has 1 N–H and O–H groups in total. The topological polar surface area (TPSA) is 44.0 Å². The molecule has 0 amide bonds. The van der Waals surface area contributed by atoms with E-state index in [1.165, 1.54) is 0 Å². The van der Waals surface area contributed by atoms with Crippen LogP contribution in [0.25, 0.3) is 0 Å². The van der Waals surface area contributed by atoms with Crippen molar-refractivity contribution in [3.05, 3.63) is 0 Å². The molecule has 2 nitrogen and oxygen atoms in total. The number of aliphatic hydroxyl groups is 1. The summed E-state index contributed by atoms with van der Waals surface area (Å²) in [4.78, 5) is -0.787. The maximum atomic E-state index is 8.31. The number of halogens is 2. The Labute approximate surface area is 57.6 Å². The molecule has 0 aliphatic carbocycles. The molecule has 0 spiro atoms. The van der Waals surface area contributed by atoms with Crippen molar-refractivity contribution in [3.63, 3.8) is 0 Å². The molecule has 8 heavy (non-hydrogen) atoms. The van der Waals surface area contributed by atoms with E-state index in [2.05, 4.69) is 0 Å². The van der Waals surface area contributed by atoms with E-state index in [9.17, 15) is 0 Å². The molecular formula is C4H5Cl2NO. The second-order valence-electron chi connectivity index (χ2n) is 1.25. The van der Waals surface area contributed by atoms with Gasteiger partial charge in [0, 0.05) is 0 Å². The Bertz CT molecular complexity index is 98.7. The highest BCUT2D eigenvalue weighted by Gasteiger charge is 2.13. The van der Waals surface area contributed by atoms with Gasteiger partial charge in [0.05, 0.1) is 18.6 Å². The monoisotopic (exact) mass is 153 g/mol. The van der Waals surface area contributed by atoms with Gasteiger partial charge >= 0.3 is 0 Å². The fraction of sp³-hybridized carbons (Fsp3) is 0.750. The zero-order chi connectivity index (χ0) is 6.57. The van der Waals surface area contributed by atoms with Gasteiger partial charge in [0.25, 0.3) is 0 Å². The largest absolute Gasteiger partial charge is 0.395 e. The zero-order valence-electron chi connectivity index (χ0n) is 4.01. The molecule has 46 valence electrons. The van der Waals surface area contributed by atoms with E-state index >= 15 is 0 Å². The van der Waals surface area contributed by atoms with Gasteiger partial charge in [-0.15, -0.1) is 23.2 Å². The minimum absolute atomic E-state index is 0.284. The highest BCUT2D eigenvalue weighted by molar-refractivity contribution is 6.44. The predicted molar refractivity (Wildman–Crippen MR) is 31.7 cm³/mol. The number of aliphatic hydroxyl groups excluding tert-OH is 1. The molecule has 4 heteroatoms. The number of rotatable bonds is 2. The van der Waals surface area contributed by atoms with Crippen molar-refractivity contribution < 1.29 is 5.11 Å². The number of hydrogen-bond acceptors (Lipinski definition) is 2. The predicted octanol–water partition coefficient (Wildman–Crippen LogP) is 0.922. The summed E-state index contributed by atoms with van der Waals surface area (Å²) in [5.41, 5.74) is 0. The van der Waals surface area contributed by atoms with Gasteiger partial charge in [0.2, 0.25) is 0 Å². The van der Waals surface area contributed by atoms with Crippen LogP contribution in [0.5, 0.6) is 0 Å². The first-order chi connectivity index (χ1) is 3.72. The second-order valence-corrected chi connectivity index (χ2v) is 2.42. The quantitative estimate of drug-likeness (QED) is 0.601. The van der Waals surface area contributed by atoms with E-state index in [0.29, 0.717) is 0 Å². The van der Waals surface area contributed by atoms with Crippen molar-refractivity contribution in [2.45, 2.75) is 4.84 Å². The molecule has 0 saturated carbocycles. The Morgan fingerprint density at radius 3 is 2.12 bits per heavy atom. The van der Waals surface area contributed by atoms with E-state index in [4.69, 9.17) is 33.6 Å². The summed E-state index contributed by atoms with van der Waals surface area (Å²) < 4.78 is 0. The van der Waals surface area contributed by atoms with E-state index in [1.54, 1.807) is 6.07 Å². The Balaban J connectivity index is 3.57. The first-order valence-electron chi connectivity index (χ1n) is 2.01. The number of nitriles is 1. The van der Waals surface area contributed by atoms with Crippen LogP contribution >= 0.6 is 23.2 Å². The molecule has 1 atom stereocenters. The van der Waals surface area contributed by atoms with E-state index < -0.39 is 10.8 Å². The van der Waals surface area contributed by atoms with Crippen molar-refractivity contribution in [1.29, 1.82) is 5.26 Å². The maximum Gasteiger partial charge on any atom is 0.125 e. The molecule has 0 aliphatic heterocycles. The molecule has 1 unspecified atom stereocenters. The van der Waals surface area contributed by atoms with Gasteiger partial charge < -0.3 is 5.11 Å². The summed E-state index contributed by atoms with van der Waals surface area (Å²) in [6.45, 7) is -0.284. The molecule has 0 saturated heterocycles. The van der Waals surface area contributed by atoms with E-state index in [-0.39, 0.29) is 6.61 Å². The molecular weight excluding hydrogens is 149 g/mol. The van der Waals surface area contributed by atoms with Crippen LogP contribution in [0.1, 0.15) is 0 Å². The van der Waals surface area contributed by atoms with Crippen LogP contribution in [-0.2, 0) is 0 Å². The second kappa shape index (κ2) is 3.96. The van der Waals surface area contributed by atoms with Crippen LogP contribution in [-0.4, -0.2) is 16.5 Å². The van der Waals surface area contributed by atoms with Crippen molar-refractivity contribution in [2.75, 3.05) is 6.61 Å². The SMILES string of the molecule is N#CC(CO)C(Cl)Cl. The summed E-state index contributed by atoms with van der Waals surface area (Å²) in [5, 5.41) is 16.4. The lowest BCUT2D eigenvalue weighted by molar-refractivity contribution is 0.262. The summed E-state index contributed by atoms with van der Waals surface area (Å²) in [6.07, 6.45) is 0. The van der Waals surface area contributed by atoms with Crippen molar-refractivity contribution in [2.24, 2.45) is 5.92 Å². The van der Waals surface area contributed by atoms with Gasteiger partial charge in [-0.05, 0) is 0 Å². The van der Waals surface area contributed by atoms with Crippen LogP contribution in [0.4, 0.5) is 0 Å². The number of nitrogens with zero attached hydrogens (tertiary/aromatic N) is 1. The lowest BCUT2D eigenvalue weighted by Gasteiger charge is -2.02. The molecule has 0 fully saturated rings. The molecule has 0 bridgehead atoms. The minimum Gasteiger partial charge on any atom is -0.395 e. The molecule has 0 rings (SSSR count). The summed E-state index contributed by atoms with van der Waals surface area (Å²) in [5.74, 6) is -0.654. The molecule has 0 aromatic rings.